The number of carbonyl (C=O) groups is 2. The molecule has 0 unspecified atom stereocenters. The van der Waals surface area contributed by atoms with Gasteiger partial charge < -0.3 is 15.2 Å². The Morgan fingerprint density at radius 2 is 1.90 bits per heavy atom. The quantitative estimate of drug-likeness (QED) is 0.775. The van der Waals surface area contributed by atoms with Gasteiger partial charge >= 0.3 is 12.1 Å². The monoisotopic (exact) mass is 315 g/mol. The Bertz CT molecular complexity index is 356. The molecule has 0 radical (unpaired) electrons. The number of hydrogen-bond donors (Lipinski definition) is 2. The van der Waals surface area contributed by atoms with E-state index in [0.717, 1.165) is 0 Å². The van der Waals surface area contributed by atoms with Crippen molar-refractivity contribution in [3.63, 3.8) is 0 Å². The van der Waals surface area contributed by atoms with Crippen molar-refractivity contribution in [2.45, 2.75) is 31.0 Å². The van der Waals surface area contributed by atoms with Gasteiger partial charge in [0.15, 0.2) is 0 Å². The summed E-state index contributed by atoms with van der Waals surface area (Å²) in [7, 11) is 0. The SMILES string of the molecule is O=C(O)CC1(NC(=O)CSCC(F)(F)F)CCOCC1. The predicted molar refractivity (Wildman–Crippen MR) is 66.6 cm³/mol. The number of carboxylic acids is 1. The van der Waals surface area contributed by atoms with Crippen LogP contribution in [0.4, 0.5) is 13.2 Å². The Kier molecular flexibility index (Phi) is 6.12. The van der Waals surface area contributed by atoms with E-state index in [9.17, 15) is 22.8 Å². The van der Waals surface area contributed by atoms with E-state index in [1.54, 1.807) is 0 Å². The Morgan fingerprint density at radius 3 is 2.40 bits per heavy atom. The number of hydrogen-bond acceptors (Lipinski definition) is 4. The summed E-state index contributed by atoms with van der Waals surface area (Å²) >= 11 is 0.459. The molecule has 0 spiro atoms. The molecule has 0 saturated carbocycles. The first-order valence-electron chi connectivity index (χ1n) is 5.97. The summed E-state index contributed by atoms with van der Waals surface area (Å²) in [6.45, 7) is 0.645. The van der Waals surface area contributed by atoms with Gasteiger partial charge in [0.1, 0.15) is 0 Å². The fraction of sp³-hybridized carbons (Fsp3) is 0.818. The van der Waals surface area contributed by atoms with Gasteiger partial charge in [-0.1, -0.05) is 0 Å². The smallest absolute Gasteiger partial charge is 0.397 e. The molecule has 1 aliphatic rings. The molecule has 0 atom stereocenters. The van der Waals surface area contributed by atoms with E-state index < -0.39 is 29.3 Å². The van der Waals surface area contributed by atoms with Gasteiger partial charge in [0.2, 0.25) is 5.91 Å². The largest absolute Gasteiger partial charge is 0.481 e. The second kappa shape index (κ2) is 7.16. The third-order valence-electron chi connectivity index (χ3n) is 2.84. The zero-order valence-corrected chi connectivity index (χ0v) is 11.5. The van der Waals surface area contributed by atoms with E-state index in [-0.39, 0.29) is 12.2 Å². The van der Waals surface area contributed by atoms with Crippen LogP contribution in [0.15, 0.2) is 0 Å². The number of rotatable bonds is 6. The van der Waals surface area contributed by atoms with Crippen LogP contribution in [0.25, 0.3) is 0 Å². The zero-order valence-electron chi connectivity index (χ0n) is 10.7. The Balaban J connectivity index is 2.48. The number of thioether (sulfide) groups is 1. The highest BCUT2D eigenvalue weighted by Gasteiger charge is 2.36. The van der Waals surface area contributed by atoms with Crippen molar-refractivity contribution in [3.8, 4) is 0 Å². The van der Waals surface area contributed by atoms with Gasteiger partial charge in [0.05, 0.1) is 23.5 Å². The highest BCUT2D eigenvalue weighted by atomic mass is 32.2. The van der Waals surface area contributed by atoms with Crippen molar-refractivity contribution in [3.05, 3.63) is 0 Å². The highest BCUT2D eigenvalue weighted by molar-refractivity contribution is 8.00. The lowest BCUT2D eigenvalue weighted by molar-refractivity contribution is -0.140. The topological polar surface area (TPSA) is 75.6 Å². The highest BCUT2D eigenvalue weighted by Crippen LogP contribution is 2.25. The molecule has 9 heteroatoms. The van der Waals surface area contributed by atoms with Gasteiger partial charge in [-0.3, -0.25) is 9.59 Å². The number of alkyl halides is 3. The van der Waals surface area contributed by atoms with Crippen LogP contribution in [0.1, 0.15) is 19.3 Å². The van der Waals surface area contributed by atoms with Crippen molar-refractivity contribution < 1.29 is 32.6 Å². The van der Waals surface area contributed by atoms with E-state index in [1.807, 2.05) is 0 Å². The number of carbonyl (C=O) groups excluding carboxylic acids is 1. The standard InChI is InChI=1S/C11H16F3NO4S/c12-11(13,14)7-20-6-8(16)15-10(5-9(17)18)1-3-19-4-2-10/h1-7H2,(H,15,16)(H,17,18). The van der Waals surface area contributed by atoms with Crippen LogP contribution in [-0.2, 0) is 14.3 Å². The summed E-state index contributed by atoms with van der Waals surface area (Å²) in [6.07, 6.45) is -3.89. The Morgan fingerprint density at radius 1 is 1.30 bits per heavy atom. The maximum atomic E-state index is 12.0. The number of nitrogens with one attached hydrogen (secondary N) is 1. The first-order valence-corrected chi connectivity index (χ1v) is 7.13. The maximum absolute atomic E-state index is 12.0. The van der Waals surface area contributed by atoms with Crippen LogP contribution in [0, 0.1) is 0 Å². The fourth-order valence-electron chi connectivity index (χ4n) is 1.99. The second-order valence-electron chi connectivity index (χ2n) is 4.62. The van der Waals surface area contributed by atoms with E-state index in [4.69, 9.17) is 9.84 Å². The molecule has 0 bridgehead atoms. The molecule has 2 N–H and O–H groups in total. The number of aliphatic carboxylic acids is 1. The minimum absolute atomic E-state index is 0.258. The molecule has 1 heterocycles. The fourth-order valence-corrected chi connectivity index (χ4v) is 2.58. The minimum Gasteiger partial charge on any atom is -0.481 e. The van der Waals surface area contributed by atoms with Crippen molar-refractivity contribution in [2.75, 3.05) is 24.7 Å². The molecule has 1 rings (SSSR count). The first-order chi connectivity index (χ1) is 9.22. The minimum atomic E-state index is -4.32. The molecular formula is C11H16F3NO4S. The molecule has 1 saturated heterocycles. The third-order valence-corrected chi connectivity index (χ3v) is 3.84. The van der Waals surface area contributed by atoms with Crippen molar-refractivity contribution in [1.82, 2.24) is 5.32 Å². The van der Waals surface area contributed by atoms with Gasteiger partial charge in [-0.05, 0) is 12.8 Å². The summed E-state index contributed by atoms with van der Waals surface area (Å²) in [4.78, 5) is 22.5. The maximum Gasteiger partial charge on any atom is 0.397 e. The van der Waals surface area contributed by atoms with E-state index in [2.05, 4.69) is 5.32 Å². The van der Waals surface area contributed by atoms with Crippen LogP contribution >= 0.6 is 11.8 Å². The Hall–Kier alpha value is -0.960. The third kappa shape index (κ3) is 6.47. The number of carboxylic acid groups (broad SMARTS) is 1. The molecule has 0 aromatic rings. The average Bonchev–Trinajstić information content (AvgIpc) is 2.26. The van der Waals surface area contributed by atoms with Gasteiger partial charge in [0.25, 0.3) is 0 Å². The summed E-state index contributed by atoms with van der Waals surface area (Å²) in [5, 5.41) is 11.4. The molecule has 5 nitrogen and oxygen atoms in total. The van der Waals surface area contributed by atoms with Crippen molar-refractivity contribution in [2.24, 2.45) is 0 Å². The second-order valence-corrected chi connectivity index (χ2v) is 5.60. The summed E-state index contributed by atoms with van der Waals surface area (Å²) in [5.41, 5.74) is -0.917. The van der Waals surface area contributed by atoms with Gasteiger partial charge in [-0.15, -0.1) is 11.8 Å². The summed E-state index contributed by atoms with van der Waals surface area (Å²) < 4.78 is 41.0. The number of amides is 1. The lowest BCUT2D eigenvalue weighted by Gasteiger charge is -2.36. The van der Waals surface area contributed by atoms with Gasteiger partial charge in [0, 0.05) is 13.2 Å². The Labute approximate surface area is 118 Å². The van der Waals surface area contributed by atoms with Crippen molar-refractivity contribution >= 4 is 23.6 Å². The number of halogens is 3. The lowest BCUT2D eigenvalue weighted by Crippen LogP contribution is -2.53. The van der Waals surface area contributed by atoms with E-state index in [1.165, 1.54) is 0 Å². The molecule has 0 aromatic heterocycles. The van der Waals surface area contributed by atoms with Crippen LogP contribution < -0.4 is 5.32 Å². The molecule has 1 aliphatic heterocycles. The first kappa shape index (κ1) is 17.1. The van der Waals surface area contributed by atoms with E-state index >= 15 is 0 Å². The molecule has 1 amide bonds. The van der Waals surface area contributed by atoms with Crippen LogP contribution in [-0.4, -0.2) is 53.4 Å². The van der Waals surface area contributed by atoms with Crippen LogP contribution in [0.2, 0.25) is 0 Å². The van der Waals surface area contributed by atoms with Gasteiger partial charge in [-0.25, -0.2) is 0 Å². The number of ether oxygens (including phenoxy) is 1. The predicted octanol–water partition coefficient (Wildman–Crippen LogP) is 1.42. The molecule has 0 aromatic carbocycles. The summed E-state index contributed by atoms with van der Waals surface area (Å²) in [6, 6.07) is 0. The van der Waals surface area contributed by atoms with E-state index in [0.29, 0.717) is 37.8 Å². The normalized spacial score (nSPS) is 18.6. The average molecular weight is 315 g/mol. The molecule has 0 aliphatic carbocycles. The molecule has 116 valence electrons. The zero-order chi connectivity index (χ0) is 15.2. The van der Waals surface area contributed by atoms with Gasteiger partial charge in [-0.2, -0.15) is 13.2 Å². The van der Waals surface area contributed by atoms with Crippen LogP contribution in [0.5, 0.6) is 0 Å². The van der Waals surface area contributed by atoms with Crippen LogP contribution in [0.3, 0.4) is 0 Å². The molecular weight excluding hydrogens is 299 g/mol. The lowest BCUT2D eigenvalue weighted by atomic mass is 9.86. The molecule has 1 fully saturated rings. The molecule has 20 heavy (non-hydrogen) atoms. The summed E-state index contributed by atoms with van der Waals surface area (Å²) in [5.74, 6) is -3.09. The van der Waals surface area contributed by atoms with Crippen molar-refractivity contribution in [1.29, 1.82) is 0 Å².